The molecule has 22 heavy (non-hydrogen) atoms. The van der Waals surface area contributed by atoms with Crippen LogP contribution in [0.25, 0.3) is 0 Å². The Bertz CT molecular complexity index is 644. The third kappa shape index (κ3) is 3.95. The van der Waals surface area contributed by atoms with Gasteiger partial charge in [-0.25, -0.2) is 10.2 Å². The van der Waals surface area contributed by atoms with Crippen molar-refractivity contribution in [1.29, 1.82) is 0 Å². The summed E-state index contributed by atoms with van der Waals surface area (Å²) in [7, 11) is 0. The monoisotopic (exact) mass is 304 g/mol. The molecule has 1 amide bonds. The fourth-order valence-corrected chi connectivity index (χ4v) is 1.86. The van der Waals surface area contributed by atoms with Crippen LogP contribution in [0.1, 0.15) is 22.8 Å². The van der Waals surface area contributed by atoms with Crippen LogP contribution in [-0.2, 0) is 6.61 Å². The van der Waals surface area contributed by atoms with Crippen molar-refractivity contribution >= 4 is 5.91 Å². The molecule has 5 nitrogen and oxygen atoms in total. The maximum Gasteiger partial charge on any atom is 0.265 e. The smallest absolute Gasteiger partial charge is 0.265 e. The number of nitrogens with one attached hydrogen (secondary N) is 1. The number of nitrogen functional groups attached to an aromatic ring is 1. The third-order valence-corrected chi connectivity index (χ3v) is 2.94. The molecule has 0 heterocycles. The molecule has 6 heteroatoms. The van der Waals surface area contributed by atoms with Crippen LogP contribution >= 0.6 is 0 Å². The minimum absolute atomic E-state index is 0.267. The average Bonchev–Trinajstić information content (AvgIpc) is 2.54. The van der Waals surface area contributed by atoms with Crippen LogP contribution < -0.4 is 20.7 Å². The summed E-state index contributed by atoms with van der Waals surface area (Å²) in [5.74, 6) is 5.35. The molecule has 0 saturated carbocycles. The SMILES string of the molecule is CCOc1cc(C(=O)NN)ccc1OCc1ccc(F)cc1. The zero-order chi connectivity index (χ0) is 15.9. The molecule has 0 radical (unpaired) electrons. The number of benzene rings is 2. The van der Waals surface area contributed by atoms with Crippen molar-refractivity contribution in [3.8, 4) is 11.5 Å². The second-order valence-electron chi connectivity index (χ2n) is 4.48. The first kappa shape index (κ1) is 15.8. The van der Waals surface area contributed by atoms with E-state index in [0.29, 0.717) is 23.7 Å². The van der Waals surface area contributed by atoms with E-state index in [1.165, 1.54) is 12.1 Å². The van der Waals surface area contributed by atoms with Gasteiger partial charge in [0.2, 0.25) is 0 Å². The molecule has 0 atom stereocenters. The van der Waals surface area contributed by atoms with Gasteiger partial charge in [0.25, 0.3) is 5.91 Å². The zero-order valence-corrected chi connectivity index (χ0v) is 12.1. The van der Waals surface area contributed by atoms with Crippen molar-refractivity contribution in [2.24, 2.45) is 5.84 Å². The van der Waals surface area contributed by atoms with Crippen molar-refractivity contribution < 1.29 is 18.7 Å². The summed E-state index contributed by atoms with van der Waals surface area (Å²) >= 11 is 0. The summed E-state index contributed by atoms with van der Waals surface area (Å²) in [6.45, 7) is 2.53. The molecule has 3 N–H and O–H groups in total. The third-order valence-electron chi connectivity index (χ3n) is 2.94. The number of nitrogens with two attached hydrogens (primary N) is 1. The molecule has 116 valence electrons. The molecule has 0 saturated heterocycles. The van der Waals surface area contributed by atoms with Crippen LogP contribution in [0.5, 0.6) is 11.5 Å². The number of carbonyl (C=O) groups is 1. The predicted molar refractivity (Wildman–Crippen MR) is 80.0 cm³/mol. The highest BCUT2D eigenvalue weighted by atomic mass is 19.1. The number of halogens is 1. The van der Waals surface area contributed by atoms with Gasteiger partial charge in [-0.1, -0.05) is 12.1 Å². The van der Waals surface area contributed by atoms with Crippen molar-refractivity contribution in [3.63, 3.8) is 0 Å². The minimum Gasteiger partial charge on any atom is -0.490 e. The topological polar surface area (TPSA) is 73.6 Å². The van der Waals surface area contributed by atoms with Gasteiger partial charge in [-0.2, -0.15) is 0 Å². The first-order valence-corrected chi connectivity index (χ1v) is 6.79. The summed E-state index contributed by atoms with van der Waals surface area (Å²) in [6, 6.07) is 10.8. The number of ether oxygens (including phenoxy) is 2. The van der Waals surface area contributed by atoms with E-state index in [-0.39, 0.29) is 12.4 Å². The summed E-state index contributed by atoms with van der Waals surface area (Å²) < 4.78 is 24.0. The fraction of sp³-hybridized carbons (Fsp3) is 0.188. The Hall–Kier alpha value is -2.60. The van der Waals surface area contributed by atoms with Crippen molar-refractivity contribution in [3.05, 3.63) is 59.4 Å². The van der Waals surface area contributed by atoms with E-state index >= 15 is 0 Å². The number of rotatable bonds is 6. The molecular weight excluding hydrogens is 287 g/mol. The molecule has 0 aromatic heterocycles. The molecule has 0 bridgehead atoms. The summed E-state index contributed by atoms with van der Waals surface area (Å²) in [5, 5.41) is 0. The van der Waals surface area contributed by atoms with Crippen LogP contribution in [0.3, 0.4) is 0 Å². The first-order chi connectivity index (χ1) is 10.6. The molecule has 0 aliphatic heterocycles. The number of hydrogen-bond acceptors (Lipinski definition) is 4. The lowest BCUT2D eigenvalue weighted by Gasteiger charge is -2.13. The van der Waals surface area contributed by atoms with E-state index in [2.05, 4.69) is 5.43 Å². The van der Waals surface area contributed by atoms with Crippen LogP contribution in [-0.4, -0.2) is 12.5 Å². The van der Waals surface area contributed by atoms with E-state index in [1.54, 1.807) is 30.3 Å². The number of carbonyl (C=O) groups excluding carboxylic acids is 1. The van der Waals surface area contributed by atoms with Gasteiger partial charge in [0.15, 0.2) is 11.5 Å². The van der Waals surface area contributed by atoms with E-state index in [0.717, 1.165) is 5.56 Å². The van der Waals surface area contributed by atoms with Gasteiger partial charge in [-0.05, 0) is 42.8 Å². The van der Waals surface area contributed by atoms with E-state index in [4.69, 9.17) is 15.3 Å². The van der Waals surface area contributed by atoms with Crippen molar-refractivity contribution in [1.82, 2.24) is 5.43 Å². The van der Waals surface area contributed by atoms with Crippen LogP contribution in [0, 0.1) is 5.82 Å². The second-order valence-corrected chi connectivity index (χ2v) is 4.48. The summed E-state index contributed by atoms with van der Waals surface area (Å²) in [4.78, 5) is 11.5. The van der Waals surface area contributed by atoms with Gasteiger partial charge in [0, 0.05) is 5.56 Å². The number of hydrazine groups is 1. The Morgan fingerprint density at radius 2 is 1.86 bits per heavy atom. The van der Waals surface area contributed by atoms with Crippen LogP contribution in [0.2, 0.25) is 0 Å². The number of hydrogen-bond donors (Lipinski definition) is 2. The summed E-state index contributed by atoms with van der Waals surface area (Å²) in [5.41, 5.74) is 3.26. The standard InChI is InChI=1S/C16H17FN2O3/c1-2-21-15-9-12(16(20)19-18)5-8-14(15)22-10-11-3-6-13(17)7-4-11/h3-9H,2,10,18H2,1H3,(H,19,20). The second kappa shape index (κ2) is 7.42. The Balaban J connectivity index is 2.15. The average molecular weight is 304 g/mol. The molecule has 0 aliphatic rings. The lowest BCUT2D eigenvalue weighted by Crippen LogP contribution is -2.29. The zero-order valence-electron chi connectivity index (χ0n) is 12.1. The van der Waals surface area contributed by atoms with Gasteiger partial charge < -0.3 is 9.47 Å². The predicted octanol–water partition coefficient (Wildman–Crippen LogP) is 2.41. The Morgan fingerprint density at radius 3 is 2.50 bits per heavy atom. The maximum atomic E-state index is 12.9. The first-order valence-electron chi connectivity index (χ1n) is 6.79. The fourth-order valence-electron chi connectivity index (χ4n) is 1.86. The highest BCUT2D eigenvalue weighted by Gasteiger charge is 2.11. The largest absolute Gasteiger partial charge is 0.490 e. The highest BCUT2D eigenvalue weighted by Crippen LogP contribution is 2.29. The molecule has 0 aliphatic carbocycles. The van der Waals surface area contributed by atoms with Gasteiger partial charge in [0.05, 0.1) is 6.61 Å². The molecular formula is C16H17FN2O3. The van der Waals surface area contributed by atoms with Gasteiger partial charge in [0.1, 0.15) is 12.4 Å². The quantitative estimate of drug-likeness (QED) is 0.488. The van der Waals surface area contributed by atoms with E-state index < -0.39 is 5.91 Å². The molecule has 2 aromatic carbocycles. The van der Waals surface area contributed by atoms with E-state index in [9.17, 15) is 9.18 Å². The van der Waals surface area contributed by atoms with Gasteiger partial charge >= 0.3 is 0 Å². The number of amides is 1. The van der Waals surface area contributed by atoms with Crippen molar-refractivity contribution in [2.45, 2.75) is 13.5 Å². The lowest BCUT2D eigenvalue weighted by molar-refractivity contribution is 0.0953. The van der Waals surface area contributed by atoms with Crippen LogP contribution in [0.15, 0.2) is 42.5 Å². The Kier molecular flexibility index (Phi) is 5.32. The molecule has 0 unspecified atom stereocenters. The Morgan fingerprint density at radius 1 is 1.14 bits per heavy atom. The summed E-state index contributed by atoms with van der Waals surface area (Å²) in [6.07, 6.45) is 0. The van der Waals surface area contributed by atoms with Crippen LogP contribution in [0.4, 0.5) is 4.39 Å². The van der Waals surface area contributed by atoms with E-state index in [1.807, 2.05) is 6.92 Å². The van der Waals surface area contributed by atoms with Gasteiger partial charge in [-0.3, -0.25) is 10.2 Å². The minimum atomic E-state index is -0.411. The van der Waals surface area contributed by atoms with Gasteiger partial charge in [-0.15, -0.1) is 0 Å². The normalized spacial score (nSPS) is 10.1. The molecule has 0 spiro atoms. The lowest BCUT2D eigenvalue weighted by atomic mass is 10.2. The molecule has 0 fully saturated rings. The molecule has 2 rings (SSSR count). The Labute approximate surface area is 127 Å². The maximum absolute atomic E-state index is 12.9. The highest BCUT2D eigenvalue weighted by molar-refractivity contribution is 5.94. The molecule has 2 aromatic rings. The van der Waals surface area contributed by atoms with Crippen molar-refractivity contribution in [2.75, 3.05) is 6.61 Å².